The number of likely N-dealkylation sites (N-methyl/N-ethyl adjacent to an activating group) is 1. The third kappa shape index (κ3) is 4.17. The summed E-state index contributed by atoms with van der Waals surface area (Å²) in [6.45, 7) is 2.99. The molecule has 5 heterocycles. The molecule has 10 heteroatoms. The van der Waals surface area contributed by atoms with Gasteiger partial charge in [-0.1, -0.05) is 18.2 Å². The molecule has 0 atom stereocenters. The Balaban J connectivity index is 1.35. The molecule has 39 heavy (non-hydrogen) atoms. The van der Waals surface area contributed by atoms with Crippen molar-refractivity contribution in [3.63, 3.8) is 0 Å². The van der Waals surface area contributed by atoms with Gasteiger partial charge in [-0.05, 0) is 67.8 Å². The summed E-state index contributed by atoms with van der Waals surface area (Å²) in [5, 5.41) is 3.77. The average Bonchev–Trinajstić information content (AvgIpc) is 3.20. The molecule has 0 aliphatic carbocycles. The van der Waals surface area contributed by atoms with Crippen LogP contribution in [-0.4, -0.2) is 56.9 Å². The van der Waals surface area contributed by atoms with Crippen molar-refractivity contribution < 1.29 is 9.53 Å². The lowest BCUT2D eigenvalue weighted by molar-refractivity contribution is -0.121. The maximum atomic E-state index is 13.5. The summed E-state index contributed by atoms with van der Waals surface area (Å²) in [4.78, 5) is 39.6. The number of allylic oxidation sites excluding steroid dienone is 2. The van der Waals surface area contributed by atoms with Gasteiger partial charge in [0.15, 0.2) is 12.3 Å². The average molecular weight is 524 g/mol. The van der Waals surface area contributed by atoms with E-state index < -0.39 is 0 Å². The normalized spacial score (nSPS) is 17.2. The highest BCUT2D eigenvalue weighted by molar-refractivity contribution is 5.98. The summed E-state index contributed by atoms with van der Waals surface area (Å²) in [6, 6.07) is 12.0. The Bertz CT molecular complexity index is 1700. The predicted molar refractivity (Wildman–Crippen MR) is 149 cm³/mol. The van der Waals surface area contributed by atoms with Crippen molar-refractivity contribution in [1.29, 1.82) is 0 Å². The number of hydrogen-bond acceptors (Lipinski definition) is 7. The number of aromatic nitrogens is 4. The van der Waals surface area contributed by atoms with Gasteiger partial charge < -0.3 is 19.9 Å². The van der Waals surface area contributed by atoms with Crippen LogP contribution in [0.4, 0.5) is 17.3 Å². The first kappa shape index (κ1) is 23.7. The van der Waals surface area contributed by atoms with Crippen LogP contribution in [0.5, 0.6) is 5.75 Å². The van der Waals surface area contributed by atoms with Crippen molar-refractivity contribution >= 4 is 34.3 Å². The van der Waals surface area contributed by atoms with Gasteiger partial charge in [0, 0.05) is 31.5 Å². The molecule has 10 nitrogen and oxygen atoms in total. The quantitative estimate of drug-likeness (QED) is 0.402. The van der Waals surface area contributed by atoms with Crippen LogP contribution in [0.3, 0.4) is 0 Å². The van der Waals surface area contributed by atoms with Crippen molar-refractivity contribution in [1.82, 2.24) is 24.2 Å². The summed E-state index contributed by atoms with van der Waals surface area (Å²) in [5.74, 6) is 0.999. The Morgan fingerprint density at radius 3 is 2.87 bits per heavy atom. The minimum Gasteiger partial charge on any atom is -0.482 e. The third-order valence-electron chi connectivity index (χ3n) is 7.67. The van der Waals surface area contributed by atoms with E-state index in [2.05, 4.69) is 40.5 Å². The van der Waals surface area contributed by atoms with Crippen molar-refractivity contribution in [3.8, 4) is 11.4 Å². The number of rotatable bonds is 2. The number of benzene rings is 2. The molecule has 3 aliphatic rings. The first-order chi connectivity index (χ1) is 19.0. The fourth-order valence-electron chi connectivity index (χ4n) is 5.65. The number of hydrogen-bond donors (Lipinski definition) is 1. The van der Waals surface area contributed by atoms with Gasteiger partial charge in [-0.15, -0.1) is 0 Å². The molecule has 0 spiro atoms. The molecule has 0 fully saturated rings. The van der Waals surface area contributed by atoms with Crippen molar-refractivity contribution in [2.75, 3.05) is 37.0 Å². The van der Waals surface area contributed by atoms with Crippen LogP contribution in [0.25, 0.3) is 16.7 Å². The molecule has 2 bridgehead atoms. The van der Waals surface area contributed by atoms with Crippen molar-refractivity contribution in [2.24, 2.45) is 0 Å². The van der Waals surface area contributed by atoms with Gasteiger partial charge in [0.2, 0.25) is 5.95 Å². The zero-order valence-corrected chi connectivity index (χ0v) is 21.8. The minimum absolute atomic E-state index is 0.0284. The van der Waals surface area contributed by atoms with Crippen molar-refractivity contribution in [3.05, 3.63) is 76.2 Å². The van der Waals surface area contributed by atoms with Gasteiger partial charge in [0.1, 0.15) is 11.1 Å². The Kier molecular flexibility index (Phi) is 5.70. The summed E-state index contributed by atoms with van der Waals surface area (Å²) in [6.07, 6.45) is 8.30. The van der Waals surface area contributed by atoms with Gasteiger partial charge >= 0.3 is 0 Å². The number of carbonyl (C=O) groups is 1. The van der Waals surface area contributed by atoms with E-state index in [0.29, 0.717) is 41.5 Å². The molecular formula is C29H29N7O3. The summed E-state index contributed by atoms with van der Waals surface area (Å²) < 4.78 is 9.19. The van der Waals surface area contributed by atoms with Crippen LogP contribution in [0.1, 0.15) is 24.0 Å². The highest BCUT2D eigenvalue weighted by Crippen LogP contribution is 2.35. The van der Waals surface area contributed by atoms with Gasteiger partial charge in [0.05, 0.1) is 17.9 Å². The number of ether oxygens (including phenoxy) is 1. The van der Waals surface area contributed by atoms with E-state index in [1.165, 1.54) is 11.1 Å². The van der Waals surface area contributed by atoms with E-state index in [0.717, 1.165) is 43.7 Å². The second-order valence-corrected chi connectivity index (χ2v) is 10.3. The highest BCUT2D eigenvalue weighted by atomic mass is 16.5. The fraction of sp³-hybridized carbons (Fsp3) is 0.310. The molecule has 0 radical (unpaired) electrons. The molecule has 4 aromatic rings. The van der Waals surface area contributed by atoms with Gasteiger partial charge in [0.25, 0.3) is 11.5 Å². The van der Waals surface area contributed by atoms with Gasteiger partial charge in [-0.2, -0.15) is 4.98 Å². The lowest BCUT2D eigenvalue weighted by Gasteiger charge is -2.30. The van der Waals surface area contributed by atoms with Gasteiger partial charge in [-0.25, -0.2) is 14.3 Å². The molecule has 0 saturated carbocycles. The predicted octanol–water partition coefficient (Wildman–Crippen LogP) is 3.39. The third-order valence-corrected chi connectivity index (χ3v) is 7.67. The fourth-order valence-corrected chi connectivity index (χ4v) is 5.65. The Morgan fingerprint density at radius 1 is 1.03 bits per heavy atom. The first-order valence-corrected chi connectivity index (χ1v) is 13.3. The molecule has 2 aromatic carbocycles. The van der Waals surface area contributed by atoms with E-state index in [1.807, 2.05) is 35.0 Å². The molecule has 198 valence electrons. The van der Waals surface area contributed by atoms with E-state index in [4.69, 9.17) is 9.72 Å². The zero-order chi connectivity index (χ0) is 26.5. The second kappa shape index (κ2) is 9.39. The van der Waals surface area contributed by atoms with E-state index in [1.54, 1.807) is 15.8 Å². The molecular weight excluding hydrogens is 494 g/mol. The number of nitrogens with zero attached hydrogens (tertiary/aromatic N) is 6. The highest BCUT2D eigenvalue weighted by Gasteiger charge is 2.27. The number of carbonyl (C=O) groups excluding carboxylic acids is 1. The molecule has 0 saturated heterocycles. The molecule has 1 amide bonds. The maximum Gasteiger partial charge on any atom is 0.278 e. The minimum atomic E-state index is -0.169. The lowest BCUT2D eigenvalue weighted by atomic mass is 9.99. The first-order valence-electron chi connectivity index (χ1n) is 13.3. The van der Waals surface area contributed by atoms with E-state index in [9.17, 15) is 9.59 Å². The van der Waals surface area contributed by atoms with Crippen molar-refractivity contribution in [2.45, 2.75) is 32.4 Å². The molecule has 3 aliphatic heterocycles. The zero-order valence-electron chi connectivity index (χ0n) is 21.8. The van der Waals surface area contributed by atoms with Crippen LogP contribution < -0.4 is 20.5 Å². The summed E-state index contributed by atoms with van der Waals surface area (Å²) in [7, 11) is 2.13. The molecule has 1 N–H and O–H groups in total. The number of amides is 1. The molecule has 7 rings (SSSR count). The monoisotopic (exact) mass is 523 g/mol. The summed E-state index contributed by atoms with van der Waals surface area (Å²) in [5.41, 5.74) is 5.32. The lowest BCUT2D eigenvalue weighted by Crippen LogP contribution is -2.39. The van der Waals surface area contributed by atoms with Crippen LogP contribution in [-0.2, 0) is 24.3 Å². The van der Waals surface area contributed by atoms with Gasteiger partial charge in [-0.3, -0.25) is 9.59 Å². The van der Waals surface area contributed by atoms with Crippen LogP contribution >= 0.6 is 0 Å². The Labute approximate surface area is 225 Å². The van der Waals surface area contributed by atoms with E-state index in [-0.39, 0.29) is 18.1 Å². The molecule has 0 unspecified atom stereocenters. The van der Waals surface area contributed by atoms with Crippen LogP contribution in [0.2, 0.25) is 0 Å². The maximum absolute atomic E-state index is 13.5. The van der Waals surface area contributed by atoms with Crippen LogP contribution in [0, 0.1) is 0 Å². The second-order valence-electron chi connectivity index (χ2n) is 10.3. The number of nitrogens with one attached hydrogen (secondary N) is 1. The number of fused-ring (bicyclic) bond motifs is 6. The largest absolute Gasteiger partial charge is 0.482 e. The van der Waals surface area contributed by atoms with E-state index >= 15 is 0 Å². The summed E-state index contributed by atoms with van der Waals surface area (Å²) >= 11 is 0. The Morgan fingerprint density at radius 2 is 1.95 bits per heavy atom. The SMILES string of the molecule is CN1CCc2ccc(Nc3ncc4c(=O)n5n(c4n3)-c3ccc4c(c3)N(CCCC=CC5)C(=O)CO4)cc2C1. The topological polar surface area (TPSA) is 97.5 Å². The standard InChI is InChI=1S/C29H29N7O3/c1-33-13-10-19-6-7-21(14-20(19)17-33)31-29-30-16-23-27(32-29)36-22-8-9-25-24(15-22)34(26(37)18-39-25)11-4-2-3-5-12-35(36)28(23)38/h3,5-9,14-16H,2,4,10-13,17-18H2,1H3,(H,30,31,32). The molecule has 2 aromatic heterocycles. The smallest absolute Gasteiger partial charge is 0.278 e. The van der Waals surface area contributed by atoms with Crippen LogP contribution in [0.15, 0.2) is 59.5 Å². The Hall–Kier alpha value is -4.44. The number of anilines is 3.